The third-order valence-corrected chi connectivity index (χ3v) is 2.08. The van der Waals surface area contributed by atoms with E-state index in [1.54, 1.807) is 12.1 Å². The zero-order valence-corrected chi connectivity index (χ0v) is 9.10. The molecule has 0 unspecified atom stereocenters. The number of benzene rings is 1. The first-order valence-corrected chi connectivity index (χ1v) is 4.83. The molecule has 1 aromatic rings. The average molecular weight is 222 g/mol. The average Bonchev–Trinajstić information content (AvgIpc) is 2.28. The fourth-order valence-electron chi connectivity index (χ4n) is 1.28. The number of phenolic OH excluding ortho intramolecular Hbond substituents is 1. The van der Waals surface area contributed by atoms with Crippen molar-refractivity contribution in [1.29, 1.82) is 0 Å². The van der Waals surface area contributed by atoms with E-state index in [1.165, 1.54) is 13.2 Å². The van der Waals surface area contributed by atoms with Crippen LogP contribution in [0, 0.1) is 0 Å². The Bertz CT molecular complexity index is 385. The molecule has 0 aliphatic heterocycles. The minimum atomic E-state index is -0.331. The van der Waals surface area contributed by atoms with Crippen LogP contribution in [0.3, 0.4) is 0 Å². The predicted molar refractivity (Wildman–Crippen MR) is 59.3 cm³/mol. The van der Waals surface area contributed by atoms with Crippen molar-refractivity contribution in [2.75, 3.05) is 7.11 Å². The summed E-state index contributed by atoms with van der Waals surface area (Å²) >= 11 is 0. The number of rotatable bonds is 5. The molecule has 0 saturated heterocycles. The lowest BCUT2D eigenvalue weighted by Gasteiger charge is -2.06. The third kappa shape index (κ3) is 3.31. The Morgan fingerprint density at radius 2 is 2.31 bits per heavy atom. The van der Waals surface area contributed by atoms with Crippen LogP contribution in [0.25, 0.3) is 0 Å². The molecule has 1 aromatic carbocycles. The van der Waals surface area contributed by atoms with Gasteiger partial charge in [0.1, 0.15) is 0 Å². The van der Waals surface area contributed by atoms with E-state index in [2.05, 4.69) is 11.3 Å². The summed E-state index contributed by atoms with van der Waals surface area (Å²) in [6, 6.07) is 4.96. The van der Waals surface area contributed by atoms with Gasteiger partial charge in [-0.05, 0) is 24.1 Å². The molecular formula is C12H14O4. The first-order chi connectivity index (χ1) is 7.67. The molecule has 0 aliphatic rings. The van der Waals surface area contributed by atoms with Gasteiger partial charge < -0.3 is 14.6 Å². The molecule has 0 fully saturated rings. The van der Waals surface area contributed by atoms with Crippen LogP contribution < -0.4 is 4.74 Å². The van der Waals surface area contributed by atoms with Gasteiger partial charge in [0.2, 0.25) is 0 Å². The first kappa shape index (κ1) is 12.1. The van der Waals surface area contributed by atoms with Crippen molar-refractivity contribution in [2.24, 2.45) is 0 Å². The second-order valence-corrected chi connectivity index (χ2v) is 3.16. The molecule has 86 valence electrons. The highest BCUT2D eigenvalue weighted by atomic mass is 16.5. The molecule has 1 rings (SSSR count). The van der Waals surface area contributed by atoms with E-state index in [4.69, 9.17) is 4.74 Å². The monoisotopic (exact) mass is 222 g/mol. The van der Waals surface area contributed by atoms with Crippen LogP contribution in [-0.4, -0.2) is 18.2 Å². The van der Waals surface area contributed by atoms with Crippen LogP contribution in [0.1, 0.15) is 12.0 Å². The zero-order valence-electron chi connectivity index (χ0n) is 9.10. The third-order valence-electron chi connectivity index (χ3n) is 2.08. The van der Waals surface area contributed by atoms with Gasteiger partial charge in [-0.2, -0.15) is 0 Å². The van der Waals surface area contributed by atoms with Crippen LogP contribution >= 0.6 is 0 Å². The maximum absolute atomic E-state index is 11.1. The number of ether oxygens (including phenoxy) is 2. The largest absolute Gasteiger partial charge is 0.504 e. The summed E-state index contributed by atoms with van der Waals surface area (Å²) in [6.07, 6.45) is 1.91. The number of carbonyl (C=O) groups excluding carboxylic acids is 1. The van der Waals surface area contributed by atoms with Crippen molar-refractivity contribution in [1.82, 2.24) is 0 Å². The molecule has 0 saturated carbocycles. The highest BCUT2D eigenvalue weighted by Crippen LogP contribution is 2.26. The van der Waals surface area contributed by atoms with Gasteiger partial charge in [-0.15, -0.1) is 0 Å². The van der Waals surface area contributed by atoms with Crippen molar-refractivity contribution in [3.8, 4) is 11.5 Å². The van der Waals surface area contributed by atoms with Gasteiger partial charge in [-0.25, -0.2) is 0 Å². The molecule has 4 heteroatoms. The maximum Gasteiger partial charge on any atom is 0.310 e. The molecule has 0 bridgehead atoms. The SMILES string of the molecule is C=COC(=O)CCc1ccc(O)c(OC)c1. The Kier molecular flexibility index (Phi) is 4.39. The van der Waals surface area contributed by atoms with Gasteiger partial charge in [0, 0.05) is 6.42 Å². The van der Waals surface area contributed by atoms with Crippen LogP contribution in [0.2, 0.25) is 0 Å². The summed E-state index contributed by atoms with van der Waals surface area (Å²) in [5.74, 6) is 0.150. The van der Waals surface area contributed by atoms with Gasteiger partial charge in [0.05, 0.1) is 13.4 Å². The number of aromatic hydroxyl groups is 1. The summed E-state index contributed by atoms with van der Waals surface area (Å²) < 4.78 is 9.55. The second kappa shape index (κ2) is 5.80. The zero-order chi connectivity index (χ0) is 12.0. The van der Waals surface area contributed by atoms with E-state index in [1.807, 2.05) is 0 Å². The summed E-state index contributed by atoms with van der Waals surface area (Å²) in [6.45, 7) is 3.30. The fraction of sp³-hybridized carbons (Fsp3) is 0.250. The van der Waals surface area contributed by atoms with E-state index in [0.29, 0.717) is 12.2 Å². The highest BCUT2D eigenvalue weighted by molar-refractivity contribution is 5.70. The van der Waals surface area contributed by atoms with Crippen molar-refractivity contribution in [3.63, 3.8) is 0 Å². The van der Waals surface area contributed by atoms with Crippen molar-refractivity contribution < 1.29 is 19.4 Å². The molecule has 0 aliphatic carbocycles. The number of phenols is 1. The molecule has 0 aromatic heterocycles. The molecule has 0 spiro atoms. The first-order valence-electron chi connectivity index (χ1n) is 4.83. The van der Waals surface area contributed by atoms with E-state index >= 15 is 0 Å². The summed E-state index contributed by atoms with van der Waals surface area (Å²) in [5, 5.41) is 9.37. The minimum absolute atomic E-state index is 0.0833. The van der Waals surface area contributed by atoms with E-state index < -0.39 is 0 Å². The number of hydrogen-bond acceptors (Lipinski definition) is 4. The number of methoxy groups -OCH3 is 1. The quantitative estimate of drug-likeness (QED) is 0.611. The molecular weight excluding hydrogens is 208 g/mol. The maximum atomic E-state index is 11.1. The van der Waals surface area contributed by atoms with Crippen molar-refractivity contribution >= 4 is 5.97 Å². The molecule has 0 atom stereocenters. The van der Waals surface area contributed by atoms with Gasteiger partial charge >= 0.3 is 5.97 Å². The Balaban J connectivity index is 2.60. The Morgan fingerprint density at radius 1 is 1.56 bits per heavy atom. The van der Waals surface area contributed by atoms with Crippen LogP contribution in [0.5, 0.6) is 11.5 Å². The lowest BCUT2D eigenvalue weighted by molar-refractivity contribution is -0.137. The van der Waals surface area contributed by atoms with Crippen LogP contribution in [0.4, 0.5) is 0 Å². The summed E-state index contributed by atoms with van der Waals surface area (Å²) in [5.41, 5.74) is 0.899. The summed E-state index contributed by atoms with van der Waals surface area (Å²) in [4.78, 5) is 11.1. The fourth-order valence-corrected chi connectivity index (χ4v) is 1.28. The van der Waals surface area contributed by atoms with Gasteiger partial charge in [0.15, 0.2) is 11.5 Å². The summed E-state index contributed by atoms with van der Waals surface area (Å²) in [7, 11) is 1.48. The Labute approximate surface area is 94.1 Å². The molecule has 0 heterocycles. The molecule has 0 amide bonds. The molecule has 1 N–H and O–H groups in total. The molecule has 16 heavy (non-hydrogen) atoms. The number of hydrogen-bond donors (Lipinski definition) is 1. The minimum Gasteiger partial charge on any atom is -0.504 e. The highest BCUT2D eigenvalue weighted by Gasteiger charge is 2.05. The normalized spacial score (nSPS) is 9.56. The number of esters is 1. The molecule has 4 nitrogen and oxygen atoms in total. The van der Waals surface area contributed by atoms with Gasteiger partial charge in [-0.1, -0.05) is 12.6 Å². The smallest absolute Gasteiger partial charge is 0.310 e. The standard InChI is InChI=1S/C12H14O4/c1-3-16-12(14)7-5-9-4-6-10(13)11(8-9)15-2/h3-4,6,8,13H,1,5,7H2,2H3. The van der Waals surface area contributed by atoms with Crippen LogP contribution in [0.15, 0.2) is 31.0 Å². The number of carbonyl (C=O) groups is 1. The van der Waals surface area contributed by atoms with E-state index in [0.717, 1.165) is 11.8 Å². The van der Waals surface area contributed by atoms with E-state index in [9.17, 15) is 9.90 Å². The predicted octanol–water partition coefficient (Wildman–Crippen LogP) is 2.02. The van der Waals surface area contributed by atoms with Gasteiger partial charge in [-0.3, -0.25) is 4.79 Å². The van der Waals surface area contributed by atoms with Crippen LogP contribution in [-0.2, 0) is 16.0 Å². The Morgan fingerprint density at radius 3 is 2.94 bits per heavy atom. The Hall–Kier alpha value is -1.97. The molecule has 0 radical (unpaired) electrons. The topological polar surface area (TPSA) is 55.8 Å². The number of aryl methyl sites for hydroxylation is 1. The lowest BCUT2D eigenvalue weighted by atomic mass is 10.1. The second-order valence-electron chi connectivity index (χ2n) is 3.16. The lowest BCUT2D eigenvalue weighted by Crippen LogP contribution is -2.01. The van der Waals surface area contributed by atoms with Crippen molar-refractivity contribution in [3.05, 3.63) is 36.6 Å². The van der Waals surface area contributed by atoms with E-state index in [-0.39, 0.29) is 18.1 Å². The van der Waals surface area contributed by atoms with Gasteiger partial charge in [0.25, 0.3) is 0 Å². The van der Waals surface area contributed by atoms with Crippen molar-refractivity contribution in [2.45, 2.75) is 12.8 Å².